The van der Waals surface area contributed by atoms with Crippen molar-refractivity contribution in [3.8, 4) is 11.5 Å². The second kappa shape index (κ2) is 6.45. The monoisotopic (exact) mass is 343 g/mol. The first-order chi connectivity index (χ1) is 9.45. The smallest absolute Gasteiger partial charge is 0.275 e. The van der Waals surface area contributed by atoms with Crippen molar-refractivity contribution in [1.29, 1.82) is 0 Å². The van der Waals surface area contributed by atoms with Crippen LogP contribution in [0.25, 0.3) is 0 Å². The Morgan fingerprint density at radius 3 is 2.70 bits per heavy atom. The van der Waals surface area contributed by atoms with Gasteiger partial charge < -0.3 is 19.7 Å². The van der Waals surface area contributed by atoms with Crippen LogP contribution in [0, 0.1) is 0 Å². The third-order valence-corrected chi connectivity index (χ3v) is 3.68. The minimum atomic E-state index is 0.0642. The van der Waals surface area contributed by atoms with Crippen molar-refractivity contribution < 1.29 is 19.2 Å². The van der Waals surface area contributed by atoms with Crippen molar-refractivity contribution in [1.82, 2.24) is 5.32 Å². The number of carbonyl (C=O) groups excluding carboxylic acids is 1. The molecule has 1 atom stereocenters. The van der Waals surface area contributed by atoms with E-state index in [0.717, 1.165) is 33.0 Å². The average Bonchev–Trinajstić information content (AvgIpc) is 2.74. The number of hydrogen-bond acceptors (Lipinski definition) is 3. The maximum absolute atomic E-state index is 11.7. The van der Waals surface area contributed by atoms with Crippen LogP contribution in [-0.2, 0) is 11.3 Å². The van der Waals surface area contributed by atoms with E-state index in [1.165, 1.54) is 0 Å². The van der Waals surface area contributed by atoms with Crippen LogP contribution in [0.15, 0.2) is 16.6 Å². The Hall–Kier alpha value is -1.27. The van der Waals surface area contributed by atoms with E-state index in [1.807, 2.05) is 33.0 Å². The molecule has 1 amide bonds. The van der Waals surface area contributed by atoms with Gasteiger partial charge in [-0.05, 0) is 26.0 Å². The van der Waals surface area contributed by atoms with Crippen molar-refractivity contribution in [3.63, 3.8) is 0 Å². The molecule has 20 heavy (non-hydrogen) atoms. The predicted molar refractivity (Wildman–Crippen MR) is 79.0 cm³/mol. The predicted octanol–water partition coefficient (Wildman–Crippen LogP) is 0.717. The quantitative estimate of drug-likeness (QED) is 0.828. The molecule has 1 aliphatic heterocycles. The highest BCUT2D eigenvalue weighted by Crippen LogP contribution is 2.36. The Kier molecular flexibility index (Phi) is 4.88. The summed E-state index contributed by atoms with van der Waals surface area (Å²) in [6, 6.07) is 4.06. The molecule has 5 nitrogen and oxygen atoms in total. The fraction of sp³-hybridized carbons (Fsp3) is 0.500. The highest BCUT2D eigenvalue weighted by Gasteiger charge is 2.19. The van der Waals surface area contributed by atoms with Crippen molar-refractivity contribution in [2.45, 2.75) is 26.4 Å². The number of carbonyl (C=O) groups is 1. The SMILES string of the molecule is CC(C)NC(=O)C[NH+](C)Cc1cc2c(cc1Br)OCO2. The normalized spacial score (nSPS) is 14.4. The van der Waals surface area contributed by atoms with Crippen molar-refractivity contribution in [2.24, 2.45) is 0 Å². The van der Waals surface area contributed by atoms with Gasteiger partial charge in [0.25, 0.3) is 5.91 Å². The van der Waals surface area contributed by atoms with Gasteiger partial charge in [-0.2, -0.15) is 0 Å². The van der Waals surface area contributed by atoms with Crippen LogP contribution in [0.1, 0.15) is 19.4 Å². The molecule has 0 fully saturated rings. The molecule has 0 bridgehead atoms. The van der Waals surface area contributed by atoms with Crippen molar-refractivity contribution in [3.05, 3.63) is 22.2 Å². The Morgan fingerprint density at radius 2 is 2.05 bits per heavy atom. The summed E-state index contributed by atoms with van der Waals surface area (Å²) in [6.07, 6.45) is 0. The molecule has 0 aliphatic carbocycles. The lowest BCUT2D eigenvalue weighted by Gasteiger charge is -2.16. The van der Waals surface area contributed by atoms with Crippen LogP contribution in [0.5, 0.6) is 11.5 Å². The van der Waals surface area contributed by atoms with Gasteiger partial charge in [0.05, 0.1) is 7.05 Å². The number of halogens is 1. The van der Waals surface area contributed by atoms with Gasteiger partial charge in [0.2, 0.25) is 6.79 Å². The van der Waals surface area contributed by atoms with Crippen molar-refractivity contribution >= 4 is 21.8 Å². The second-order valence-electron chi connectivity index (χ2n) is 5.33. The first-order valence-electron chi connectivity index (χ1n) is 6.64. The van der Waals surface area contributed by atoms with Gasteiger partial charge in [0.15, 0.2) is 18.0 Å². The number of hydrogen-bond donors (Lipinski definition) is 2. The van der Waals surface area contributed by atoms with E-state index in [0.29, 0.717) is 6.54 Å². The Bertz CT molecular complexity index is 505. The summed E-state index contributed by atoms with van der Waals surface area (Å²) >= 11 is 3.54. The molecule has 0 saturated heterocycles. The van der Waals surface area contributed by atoms with E-state index in [1.54, 1.807) is 0 Å². The fourth-order valence-electron chi connectivity index (χ4n) is 2.13. The summed E-state index contributed by atoms with van der Waals surface area (Å²) in [4.78, 5) is 12.9. The van der Waals surface area contributed by atoms with E-state index in [2.05, 4.69) is 21.2 Å². The summed E-state index contributed by atoms with van der Waals surface area (Å²) in [5.74, 6) is 1.59. The zero-order valence-corrected chi connectivity index (χ0v) is 13.5. The third-order valence-electron chi connectivity index (χ3n) is 2.95. The van der Waals surface area contributed by atoms with Gasteiger partial charge in [0.1, 0.15) is 6.54 Å². The molecule has 0 saturated carbocycles. The van der Waals surface area contributed by atoms with Crippen molar-refractivity contribution in [2.75, 3.05) is 20.4 Å². The third kappa shape index (κ3) is 3.86. The summed E-state index contributed by atoms with van der Waals surface area (Å²) < 4.78 is 11.7. The molecule has 0 aromatic heterocycles. The van der Waals surface area contributed by atoms with Crippen LogP contribution in [0.2, 0.25) is 0 Å². The lowest BCUT2D eigenvalue weighted by Crippen LogP contribution is -3.09. The van der Waals surface area contributed by atoms with Gasteiger partial charge in [-0.15, -0.1) is 0 Å². The summed E-state index contributed by atoms with van der Waals surface area (Å²) in [5, 5.41) is 2.90. The van der Waals surface area contributed by atoms with E-state index < -0.39 is 0 Å². The minimum absolute atomic E-state index is 0.0642. The molecule has 0 radical (unpaired) electrons. The zero-order chi connectivity index (χ0) is 14.7. The average molecular weight is 344 g/mol. The molecule has 1 unspecified atom stereocenters. The standard InChI is InChI=1S/C14H19BrN2O3/c1-9(2)16-14(18)7-17(3)6-10-4-12-13(5-11(10)15)20-8-19-12/h4-5,9H,6-8H2,1-3H3,(H,16,18)/p+1. The summed E-state index contributed by atoms with van der Waals surface area (Å²) in [7, 11) is 2.00. The number of nitrogens with one attached hydrogen (secondary N) is 2. The number of fused-ring (bicyclic) bond motifs is 1. The zero-order valence-electron chi connectivity index (χ0n) is 12.0. The first-order valence-corrected chi connectivity index (χ1v) is 7.43. The number of amides is 1. The Morgan fingerprint density at radius 1 is 1.40 bits per heavy atom. The van der Waals surface area contributed by atoms with Crippen LogP contribution in [0.3, 0.4) is 0 Å². The molecule has 1 aliphatic rings. The maximum Gasteiger partial charge on any atom is 0.275 e. The van der Waals surface area contributed by atoms with Crippen LogP contribution in [-0.4, -0.2) is 32.3 Å². The minimum Gasteiger partial charge on any atom is -0.454 e. The lowest BCUT2D eigenvalue weighted by atomic mass is 10.2. The van der Waals surface area contributed by atoms with Gasteiger partial charge in [-0.25, -0.2) is 0 Å². The summed E-state index contributed by atoms with van der Waals surface area (Å²) in [5.41, 5.74) is 1.10. The lowest BCUT2D eigenvalue weighted by molar-refractivity contribution is -0.885. The van der Waals surface area contributed by atoms with Crippen LogP contribution >= 0.6 is 15.9 Å². The molecule has 110 valence electrons. The summed E-state index contributed by atoms with van der Waals surface area (Å²) in [6.45, 7) is 5.37. The van der Waals surface area contributed by atoms with E-state index >= 15 is 0 Å². The molecule has 1 heterocycles. The molecule has 2 rings (SSSR count). The number of likely N-dealkylation sites (N-methyl/N-ethyl adjacent to an activating group) is 1. The number of benzene rings is 1. The van der Waals surface area contributed by atoms with Gasteiger partial charge in [-0.3, -0.25) is 4.79 Å². The Labute approximate surface area is 127 Å². The molecule has 1 aromatic rings. The highest BCUT2D eigenvalue weighted by molar-refractivity contribution is 9.10. The Balaban J connectivity index is 1.97. The topological polar surface area (TPSA) is 52.0 Å². The molecule has 2 N–H and O–H groups in total. The second-order valence-corrected chi connectivity index (χ2v) is 6.18. The van der Waals surface area contributed by atoms with Gasteiger partial charge >= 0.3 is 0 Å². The van der Waals surface area contributed by atoms with Gasteiger partial charge in [0, 0.05) is 16.1 Å². The molecular formula is C14H20BrN2O3+. The molecule has 0 spiro atoms. The van der Waals surface area contributed by atoms with Crippen LogP contribution < -0.4 is 19.7 Å². The number of ether oxygens (including phenoxy) is 2. The largest absolute Gasteiger partial charge is 0.454 e. The number of quaternary nitrogens is 1. The van der Waals surface area contributed by atoms with Crippen LogP contribution in [0.4, 0.5) is 0 Å². The first kappa shape index (κ1) is 15.1. The molecular weight excluding hydrogens is 324 g/mol. The highest BCUT2D eigenvalue weighted by atomic mass is 79.9. The van der Waals surface area contributed by atoms with Gasteiger partial charge in [-0.1, -0.05) is 15.9 Å². The molecule has 1 aromatic carbocycles. The van der Waals surface area contributed by atoms with E-state index in [4.69, 9.17) is 9.47 Å². The van der Waals surface area contributed by atoms with E-state index in [9.17, 15) is 4.79 Å². The molecule has 6 heteroatoms. The fourth-order valence-corrected chi connectivity index (χ4v) is 2.59. The number of rotatable bonds is 5. The van der Waals surface area contributed by atoms with E-state index in [-0.39, 0.29) is 18.7 Å². The maximum atomic E-state index is 11.7.